The molecule has 3 amide bonds. The van der Waals surface area contributed by atoms with Crippen LogP contribution in [0.25, 0.3) is 10.8 Å². The van der Waals surface area contributed by atoms with Gasteiger partial charge >= 0.3 is 6.09 Å². The van der Waals surface area contributed by atoms with Gasteiger partial charge in [0.15, 0.2) is 0 Å². The van der Waals surface area contributed by atoms with E-state index in [0.29, 0.717) is 11.3 Å². The van der Waals surface area contributed by atoms with Gasteiger partial charge in [-0.15, -0.1) is 0 Å². The monoisotopic (exact) mass is 531 g/mol. The van der Waals surface area contributed by atoms with Crippen LogP contribution in [0.4, 0.5) is 10.5 Å². The molecule has 7 heteroatoms. The van der Waals surface area contributed by atoms with Crippen LogP contribution in [0.1, 0.15) is 64.3 Å². The van der Waals surface area contributed by atoms with E-state index in [4.69, 9.17) is 4.74 Å². The Morgan fingerprint density at radius 3 is 2.08 bits per heavy atom. The summed E-state index contributed by atoms with van der Waals surface area (Å²) in [6.45, 7) is 15.0. The highest BCUT2D eigenvalue weighted by molar-refractivity contribution is 6.00. The van der Waals surface area contributed by atoms with Crippen molar-refractivity contribution in [2.24, 2.45) is 5.92 Å². The summed E-state index contributed by atoms with van der Waals surface area (Å²) in [7, 11) is 0. The van der Waals surface area contributed by atoms with Crippen LogP contribution in [0.3, 0.4) is 0 Å². The van der Waals surface area contributed by atoms with Crippen molar-refractivity contribution in [3.8, 4) is 0 Å². The lowest BCUT2D eigenvalue weighted by Crippen LogP contribution is -2.54. The highest BCUT2D eigenvalue weighted by Crippen LogP contribution is 2.28. The minimum absolute atomic E-state index is 0.234. The fourth-order valence-corrected chi connectivity index (χ4v) is 4.71. The third-order valence-corrected chi connectivity index (χ3v) is 6.37. The summed E-state index contributed by atoms with van der Waals surface area (Å²) in [6.07, 6.45) is -0.672. The minimum atomic E-state index is -0.908. The summed E-state index contributed by atoms with van der Waals surface area (Å²) in [6, 6.07) is 17.8. The van der Waals surface area contributed by atoms with Gasteiger partial charge in [0.2, 0.25) is 5.91 Å². The number of ether oxygens (including phenoxy) is 1. The maximum atomic E-state index is 14.0. The fourth-order valence-electron chi connectivity index (χ4n) is 4.71. The minimum Gasteiger partial charge on any atom is -0.444 e. The fraction of sp³-hybridized carbons (Fsp3) is 0.406. The number of carbonyl (C=O) groups is 3. The summed E-state index contributed by atoms with van der Waals surface area (Å²) in [5, 5.41) is 7.85. The van der Waals surface area contributed by atoms with Gasteiger partial charge in [-0.05, 0) is 75.9 Å². The van der Waals surface area contributed by atoms with Gasteiger partial charge < -0.3 is 20.3 Å². The molecule has 7 nitrogen and oxygen atoms in total. The number of aryl methyl sites for hydroxylation is 2. The Bertz CT molecular complexity index is 1320. The first-order valence-electron chi connectivity index (χ1n) is 13.5. The molecule has 0 heterocycles. The van der Waals surface area contributed by atoms with E-state index in [9.17, 15) is 14.4 Å². The Kier molecular flexibility index (Phi) is 9.38. The van der Waals surface area contributed by atoms with Crippen molar-refractivity contribution in [1.82, 2.24) is 10.2 Å². The molecule has 0 spiro atoms. The van der Waals surface area contributed by atoms with Gasteiger partial charge in [0.1, 0.15) is 17.7 Å². The Morgan fingerprint density at radius 1 is 0.897 bits per heavy atom. The summed E-state index contributed by atoms with van der Waals surface area (Å²) < 4.78 is 5.42. The largest absolute Gasteiger partial charge is 0.444 e. The molecule has 39 heavy (non-hydrogen) atoms. The molecule has 0 bridgehead atoms. The topological polar surface area (TPSA) is 87.7 Å². The third kappa shape index (κ3) is 7.82. The Hall–Kier alpha value is -3.87. The van der Waals surface area contributed by atoms with Gasteiger partial charge in [-0.3, -0.25) is 9.59 Å². The van der Waals surface area contributed by atoms with Crippen molar-refractivity contribution in [3.05, 3.63) is 77.4 Å². The van der Waals surface area contributed by atoms with E-state index in [1.807, 2.05) is 95.3 Å². The van der Waals surface area contributed by atoms with Crippen molar-refractivity contribution in [2.45, 2.75) is 73.1 Å². The van der Waals surface area contributed by atoms with Crippen LogP contribution in [-0.2, 0) is 14.3 Å². The number of nitrogens with one attached hydrogen (secondary N) is 2. The summed E-state index contributed by atoms with van der Waals surface area (Å²) in [4.78, 5) is 42.1. The molecule has 2 N–H and O–H groups in total. The average molecular weight is 532 g/mol. The standard InChI is InChI=1S/C32H41N3O4/c1-9-35(30(37)27(20(2)3)34-31(38)39-32(6,7)8)28(25-17-21(4)16-22(5)18-25)29(36)33-26-15-14-23-12-10-11-13-24(23)19-26/h10-20,27-28H,9H2,1-8H3,(H,33,36)(H,34,38). The van der Waals surface area contributed by atoms with Crippen molar-refractivity contribution in [2.75, 3.05) is 11.9 Å². The second kappa shape index (κ2) is 12.3. The molecular formula is C32H41N3O4. The van der Waals surface area contributed by atoms with E-state index in [2.05, 4.69) is 10.6 Å². The van der Waals surface area contributed by atoms with Gasteiger partial charge in [-0.1, -0.05) is 73.5 Å². The predicted octanol–water partition coefficient (Wildman–Crippen LogP) is 6.53. The molecule has 2 atom stereocenters. The molecular weight excluding hydrogens is 490 g/mol. The summed E-state index contributed by atoms with van der Waals surface area (Å²) in [5.74, 6) is -0.913. The highest BCUT2D eigenvalue weighted by Gasteiger charge is 2.37. The van der Waals surface area contributed by atoms with Crippen LogP contribution in [0, 0.1) is 19.8 Å². The Labute approximate surface area is 231 Å². The van der Waals surface area contributed by atoms with E-state index < -0.39 is 23.8 Å². The molecule has 0 saturated carbocycles. The van der Waals surface area contributed by atoms with Crippen LogP contribution >= 0.6 is 0 Å². The van der Waals surface area contributed by atoms with Gasteiger partial charge in [-0.2, -0.15) is 0 Å². The molecule has 0 fully saturated rings. The molecule has 0 saturated heterocycles. The van der Waals surface area contributed by atoms with Crippen LogP contribution in [0.15, 0.2) is 60.7 Å². The first-order valence-corrected chi connectivity index (χ1v) is 13.5. The molecule has 0 aliphatic rings. The SMILES string of the molecule is CCN(C(=O)C(NC(=O)OC(C)(C)C)C(C)C)C(C(=O)Nc1ccc2ccccc2c1)c1cc(C)cc(C)c1. The maximum absolute atomic E-state index is 14.0. The number of alkyl carbamates (subject to hydrolysis) is 1. The van der Waals surface area contributed by atoms with E-state index in [-0.39, 0.29) is 24.3 Å². The van der Waals surface area contributed by atoms with Crippen LogP contribution < -0.4 is 10.6 Å². The molecule has 2 unspecified atom stereocenters. The zero-order valence-corrected chi connectivity index (χ0v) is 24.3. The number of amides is 3. The lowest BCUT2D eigenvalue weighted by molar-refractivity contribution is -0.141. The van der Waals surface area contributed by atoms with Crippen LogP contribution in [-0.4, -0.2) is 41.0 Å². The van der Waals surface area contributed by atoms with Crippen molar-refractivity contribution in [1.29, 1.82) is 0 Å². The number of benzene rings is 3. The van der Waals surface area contributed by atoms with Crippen molar-refractivity contribution >= 4 is 34.4 Å². The zero-order valence-electron chi connectivity index (χ0n) is 24.3. The second-order valence-electron chi connectivity index (χ2n) is 11.4. The summed E-state index contributed by atoms with van der Waals surface area (Å²) >= 11 is 0. The predicted molar refractivity (Wildman–Crippen MR) is 157 cm³/mol. The van der Waals surface area contributed by atoms with Crippen LogP contribution in [0.2, 0.25) is 0 Å². The van der Waals surface area contributed by atoms with E-state index >= 15 is 0 Å². The van der Waals surface area contributed by atoms with E-state index in [1.54, 1.807) is 20.8 Å². The Balaban J connectivity index is 2.00. The van der Waals surface area contributed by atoms with Gasteiger partial charge in [0, 0.05) is 12.2 Å². The molecule has 0 aliphatic heterocycles. The van der Waals surface area contributed by atoms with Gasteiger partial charge in [0.05, 0.1) is 0 Å². The Morgan fingerprint density at radius 2 is 1.51 bits per heavy atom. The number of carbonyl (C=O) groups excluding carboxylic acids is 3. The second-order valence-corrected chi connectivity index (χ2v) is 11.4. The molecule has 0 aromatic heterocycles. The van der Waals surface area contributed by atoms with Gasteiger partial charge in [-0.25, -0.2) is 4.79 Å². The molecule has 3 aromatic rings. The average Bonchev–Trinajstić information content (AvgIpc) is 2.83. The van der Waals surface area contributed by atoms with E-state index in [1.165, 1.54) is 4.90 Å². The lowest BCUT2D eigenvalue weighted by Gasteiger charge is -2.35. The molecule has 0 radical (unpaired) electrons. The van der Waals surface area contributed by atoms with Gasteiger partial charge in [0.25, 0.3) is 5.91 Å². The third-order valence-electron chi connectivity index (χ3n) is 6.37. The maximum Gasteiger partial charge on any atom is 0.408 e. The first-order chi connectivity index (χ1) is 18.3. The molecule has 208 valence electrons. The number of anilines is 1. The smallest absolute Gasteiger partial charge is 0.408 e. The quantitative estimate of drug-likeness (QED) is 0.346. The molecule has 3 rings (SSSR count). The normalized spacial score (nSPS) is 13.1. The first kappa shape index (κ1) is 29.7. The number of nitrogens with zero attached hydrogens (tertiary/aromatic N) is 1. The lowest BCUT2D eigenvalue weighted by atomic mass is 9.96. The number of hydrogen-bond acceptors (Lipinski definition) is 4. The number of hydrogen-bond donors (Lipinski definition) is 2. The molecule has 0 aliphatic carbocycles. The van der Waals surface area contributed by atoms with Crippen molar-refractivity contribution in [3.63, 3.8) is 0 Å². The zero-order chi connectivity index (χ0) is 28.9. The number of rotatable bonds is 8. The number of likely N-dealkylation sites (N-methyl/N-ethyl adjacent to an activating group) is 1. The van der Waals surface area contributed by atoms with E-state index in [0.717, 1.165) is 21.9 Å². The molecule has 3 aromatic carbocycles. The number of fused-ring (bicyclic) bond motifs is 1. The summed E-state index contributed by atoms with van der Waals surface area (Å²) in [5.41, 5.74) is 2.62. The van der Waals surface area contributed by atoms with Crippen LogP contribution in [0.5, 0.6) is 0 Å². The van der Waals surface area contributed by atoms with Crippen molar-refractivity contribution < 1.29 is 19.1 Å². The highest BCUT2D eigenvalue weighted by atomic mass is 16.6.